The van der Waals surface area contributed by atoms with Gasteiger partial charge in [0, 0.05) is 24.5 Å². The van der Waals surface area contributed by atoms with Crippen molar-refractivity contribution in [3.8, 4) is 0 Å². The van der Waals surface area contributed by atoms with Crippen LogP contribution in [0.25, 0.3) is 0 Å². The average Bonchev–Trinajstić information content (AvgIpc) is 2.92. The summed E-state index contributed by atoms with van der Waals surface area (Å²) in [5.41, 5.74) is 2.65. The Balaban J connectivity index is 1.73. The van der Waals surface area contributed by atoms with Crippen LogP contribution in [0, 0.1) is 13.8 Å². The summed E-state index contributed by atoms with van der Waals surface area (Å²) >= 11 is 1.25. The average molecular weight is 336 g/mol. The minimum Gasteiger partial charge on any atom is -0.456 e. The number of hydrogen-bond donors (Lipinski definition) is 1. The van der Waals surface area contributed by atoms with Crippen molar-refractivity contribution in [2.75, 3.05) is 30.8 Å². The Morgan fingerprint density at radius 3 is 2.61 bits per heavy atom. The highest BCUT2D eigenvalue weighted by molar-refractivity contribution is 8.13. The topological polar surface area (TPSA) is 75.7 Å². The second kappa shape index (κ2) is 8.01. The molecule has 23 heavy (non-hydrogen) atoms. The second-order valence-electron chi connectivity index (χ2n) is 5.33. The van der Waals surface area contributed by atoms with Gasteiger partial charge in [-0.25, -0.2) is 0 Å². The summed E-state index contributed by atoms with van der Waals surface area (Å²) in [6, 6.07) is 5.72. The van der Waals surface area contributed by atoms with Gasteiger partial charge < -0.3 is 15.0 Å². The molecule has 0 unspecified atom stereocenters. The van der Waals surface area contributed by atoms with Gasteiger partial charge in [0.1, 0.15) is 0 Å². The van der Waals surface area contributed by atoms with Gasteiger partial charge in [-0.1, -0.05) is 30.0 Å². The predicted molar refractivity (Wildman–Crippen MR) is 89.5 cm³/mol. The number of nitrogens with zero attached hydrogens (tertiary/aromatic N) is 1. The van der Waals surface area contributed by atoms with Gasteiger partial charge in [0.2, 0.25) is 0 Å². The Hall–Kier alpha value is -2.02. The third-order valence-electron chi connectivity index (χ3n) is 3.54. The number of aryl methyl sites for hydroxylation is 2. The molecule has 1 aliphatic heterocycles. The Labute approximate surface area is 139 Å². The van der Waals surface area contributed by atoms with E-state index in [2.05, 4.69) is 5.32 Å². The number of anilines is 1. The van der Waals surface area contributed by atoms with E-state index in [1.54, 1.807) is 4.90 Å². The lowest BCUT2D eigenvalue weighted by atomic mass is 10.1. The molecule has 2 amide bonds. The van der Waals surface area contributed by atoms with Crippen molar-refractivity contribution < 1.29 is 19.1 Å². The summed E-state index contributed by atoms with van der Waals surface area (Å²) in [5, 5.41) is 2.75. The van der Waals surface area contributed by atoms with Crippen LogP contribution < -0.4 is 5.32 Å². The van der Waals surface area contributed by atoms with Gasteiger partial charge in [-0.2, -0.15) is 0 Å². The second-order valence-corrected chi connectivity index (χ2v) is 6.37. The van der Waals surface area contributed by atoms with Gasteiger partial charge in [-0.05, 0) is 25.0 Å². The normalized spacial score (nSPS) is 14.0. The molecule has 1 saturated heterocycles. The molecule has 0 spiro atoms. The Kier molecular flexibility index (Phi) is 6.04. The zero-order chi connectivity index (χ0) is 16.8. The fourth-order valence-electron chi connectivity index (χ4n) is 2.26. The van der Waals surface area contributed by atoms with Crippen LogP contribution in [0.1, 0.15) is 17.5 Å². The van der Waals surface area contributed by atoms with Crippen LogP contribution in [0.4, 0.5) is 10.5 Å². The lowest BCUT2D eigenvalue weighted by molar-refractivity contribution is -0.147. The van der Waals surface area contributed by atoms with Crippen molar-refractivity contribution in [2.45, 2.75) is 20.3 Å². The summed E-state index contributed by atoms with van der Waals surface area (Å²) in [6.07, 6.45) is 0.100. The van der Waals surface area contributed by atoms with Gasteiger partial charge >= 0.3 is 5.97 Å². The Morgan fingerprint density at radius 1 is 1.30 bits per heavy atom. The number of thioether (sulfide) groups is 1. The van der Waals surface area contributed by atoms with Crippen molar-refractivity contribution in [2.24, 2.45) is 0 Å². The molecule has 0 saturated carbocycles. The maximum Gasteiger partial charge on any atom is 0.308 e. The van der Waals surface area contributed by atoms with Crippen LogP contribution in [0.15, 0.2) is 18.2 Å². The maximum absolute atomic E-state index is 11.9. The van der Waals surface area contributed by atoms with Crippen molar-refractivity contribution in [3.63, 3.8) is 0 Å². The quantitative estimate of drug-likeness (QED) is 0.807. The molecule has 1 N–H and O–H groups in total. The number of carbonyl (C=O) groups excluding carboxylic acids is 3. The SMILES string of the molecule is Cc1cccc(C)c1NC(=O)COC(=O)CCN1CCSC1=O. The number of rotatable bonds is 6. The highest BCUT2D eigenvalue weighted by Crippen LogP contribution is 2.19. The predicted octanol–water partition coefficient (Wildman–Crippen LogP) is 2.34. The lowest BCUT2D eigenvalue weighted by Crippen LogP contribution is -2.28. The molecule has 0 aromatic heterocycles. The molecular weight excluding hydrogens is 316 g/mol. The zero-order valence-corrected chi connectivity index (χ0v) is 14.1. The molecule has 1 fully saturated rings. The maximum atomic E-state index is 11.9. The van der Waals surface area contributed by atoms with Crippen LogP contribution in [0.5, 0.6) is 0 Å². The molecule has 2 rings (SSSR count). The monoisotopic (exact) mass is 336 g/mol. The van der Waals surface area contributed by atoms with Crippen molar-refractivity contribution in [3.05, 3.63) is 29.3 Å². The van der Waals surface area contributed by atoms with Gasteiger partial charge in [-0.3, -0.25) is 14.4 Å². The summed E-state index contributed by atoms with van der Waals surface area (Å²) < 4.78 is 4.96. The number of para-hydroxylation sites is 1. The van der Waals surface area contributed by atoms with E-state index in [0.717, 1.165) is 22.6 Å². The number of carbonyl (C=O) groups is 3. The van der Waals surface area contributed by atoms with Crippen LogP contribution >= 0.6 is 11.8 Å². The molecule has 7 heteroatoms. The van der Waals surface area contributed by atoms with Gasteiger partial charge in [0.25, 0.3) is 11.1 Å². The summed E-state index contributed by atoms with van der Waals surface area (Å²) in [4.78, 5) is 36.5. The van der Waals surface area contributed by atoms with E-state index >= 15 is 0 Å². The fraction of sp³-hybridized carbons (Fsp3) is 0.438. The minimum absolute atomic E-state index is 0.00873. The van der Waals surface area contributed by atoms with E-state index in [9.17, 15) is 14.4 Å². The zero-order valence-electron chi connectivity index (χ0n) is 13.3. The van der Waals surface area contributed by atoms with Crippen LogP contribution in [-0.4, -0.2) is 47.5 Å². The molecule has 6 nitrogen and oxygen atoms in total. The molecule has 1 heterocycles. The highest BCUT2D eigenvalue weighted by Gasteiger charge is 2.21. The molecule has 124 valence electrons. The highest BCUT2D eigenvalue weighted by atomic mass is 32.2. The minimum atomic E-state index is -0.480. The van der Waals surface area contributed by atoms with E-state index in [0.29, 0.717) is 13.1 Å². The summed E-state index contributed by atoms with van der Waals surface area (Å²) in [6.45, 7) is 4.47. The molecule has 0 radical (unpaired) electrons. The summed E-state index contributed by atoms with van der Waals surface area (Å²) in [5.74, 6) is -0.0959. The first-order valence-corrected chi connectivity index (χ1v) is 8.39. The number of hydrogen-bond acceptors (Lipinski definition) is 5. The van der Waals surface area contributed by atoms with E-state index in [1.165, 1.54) is 11.8 Å². The van der Waals surface area contributed by atoms with Gasteiger partial charge in [-0.15, -0.1) is 0 Å². The van der Waals surface area contributed by atoms with Crippen LogP contribution in [0.3, 0.4) is 0 Å². The van der Waals surface area contributed by atoms with Crippen molar-refractivity contribution in [1.82, 2.24) is 4.90 Å². The molecule has 0 bridgehead atoms. The van der Waals surface area contributed by atoms with Gasteiger partial charge in [0.05, 0.1) is 6.42 Å². The lowest BCUT2D eigenvalue weighted by Gasteiger charge is -2.14. The number of ether oxygens (including phenoxy) is 1. The number of benzene rings is 1. The molecule has 1 aromatic carbocycles. The molecule has 0 atom stereocenters. The standard InChI is InChI=1S/C16H20N2O4S/c1-11-4-3-5-12(2)15(11)17-13(19)10-22-14(20)6-7-18-8-9-23-16(18)21/h3-5H,6-10H2,1-2H3,(H,17,19). The van der Waals surface area contributed by atoms with E-state index < -0.39 is 5.97 Å². The molecule has 1 aromatic rings. The number of nitrogens with one attached hydrogen (secondary N) is 1. The van der Waals surface area contributed by atoms with E-state index in [4.69, 9.17) is 4.74 Å². The third-order valence-corrected chi connectivity index (χ3v) is 4.43. The number of amides is 2. The fourth-order valence-corrected chi connectivity index (χ4v) is 3.11. The largest absolute Gasteiger partial charge is 0.456 e. The first-order valence-electron chi connectivity index (χ1n) is 7.41. The van der Waals surface area contributed by atoms with Crippen LogP contribution in [-0.2, 0) is 14.3 Å². The van der Waals surface area contributed by atoms with E-state index in [1.807, 2.05) is 32.0 Å². The molecule has 1 aliphatic rings. The first kappa shape index (κ1) is 17.3. The third kappa shape index (κ3) is 4.99. The Morgan fingerprint density at radius 2 is 2.00 bits per heavy atom. The molecule has 0 aliphatic carbocycles. The smallest absolute Gasteiger partial charge is 0.308 e. The summed E-state index contributed by atoms with van der Waals surface area (Å²) in [7, 11) is 0. The number of esters is 1. The van der Waals surface area contributed by atoms with Crippen molar-refractivity contribution >= 4 is 34.6 Å². The van der Waals surface area contributed by atoms with Crippen molar-refractivity contribution in [1.29, 1.82) is 0 Å². The van der Waals surface area contributed by atoms with E-state index in [-0.39, 0.29) is 24.2 Å². The van der Waals surface area contributed by atoms with Crippen LogP contribution in [0.2, 0.25) is 0 Å². The van der Waals surface area contributed by atoms with Gasteiger partial charge in [0.15, 0.2) is 6.61 Å². The molecular formula is C16H20N2O4S. The Bertz CT molecular complexity index is 598. The first-order chi connectivity index (χ1) is 11.0.